The smallest absolute Gasteiger partial charge is 0.243 e. The summed E-state index contributed by atoms with van der Waals surface area (Å²) in [4.78, 5) is 0.0619. The van der Waals surface area contributed by atoms with Crippen molar-refractivity contribution in [2.24, 2.45) is 5.73 Å². The molecule has 0 spiro atoms. The molecule has 118 valence electrons. The molecule has 0 aliphatic carbocycles. The van der Waals surface area contributed by atoms with Gasteiger partial charge in [-0.05, 0) is 43.7 Å². The van der Waals surface area contributed by atoms with E-state index in [-0.39, 0.29) is 9.64 Å². The summed E-state index contributed by atoms with van der Waals surface area (Å²) in [5.41, 5.74) is 6.39. The number of hydrogen-bond acceptors (Lipinski definition) is 4. The van der Waals surface area contributed by atoms with Crippen LogP contribution in [0.2, 0.25) is 0 Å². The highest BCUT2D eigenvalue weighted by Crippen LogP contribution is 2.35. The lowest BCUT2D eigenvalue weighted by Gasteiger charge is -2.39. The van der Waals surface area contributed by atoms with Gasteiger partial charge in [0, 0.05) is 24.4 Å². The summed E-state index contributed by atoms with van der Waals surface area (Å²) in [6.45, 7) is 3.08. The minimum Gasteiger partial charge on any atom is -0.329 e. The van der Waals surface area contributed by atoms with Crippen LogP contribution in [0, 0.1) is 12.7 Å². The zero-order chi connectivity index (χ0) is 15.7. The summed E-state index contributed by atoms with van der Waals surface area (Å²) in [6, 6.07) is 3.87. The van der Waals surface area contributed by atoms with E-state index in [1.54, 1.807) is 18.7 Å². The van der Waals surface area contributed by atoms with Crippen LogP contribution in [-0.4, -0.2) is 43.4 Å². The zero-order valence-corrected chi connectivity index (χ0v) is 13.9. The highest BCUT2D eigenvalue weighted by atomic mass is 32.2. The molecular weight excluding hydrogens is 311 g/mol. The lowest BCUT2D eigenvalue weighted by molar-refractivity contribution is 0.301. The number of hydrogen-bond donors (Lipinski definition) is 1. The van der Waals surface area contributed by atoms with Gasteiger partial charge in [-0.2, -0.15) is 16.1 Å². The van der Waals surface area contributed by atoms with Crippen LogP contribution in [0.25, 0.3) is 0 Å². The Hall–Kier alpha value is -0.630. The highest BCUT2D eigenvalue weighted by Gasteiger charge is 2.37. The molecule has 0 unspecified atom stereocenters. The second kappa shape index (κ2) is 6.24. The van der Waals surface area contributed by atoms with Gasteiger partial charge >= 0.3 is 0 Å². The highest BCUT2D eigenvalue weighted by molar-refractivity contribution is 8.00. The van der Waals surface area contributed by atoms with E-state index in [2.05, 4.69) is 0 Å². The molecule has 21 heavy (non-hydrogen) atoms. The maximum absolute atomic E-state index is 13.4. The molecule has 2 rings (SSSR count). The standard InChI is InChI=1S/C14H21FN2O2S2/c1-11-3-4-12(15)9-13(11)21(18,19)17-7-5-14(10-16,20-2)6-8-17/h3-4,9H,5-8,10,16H2,1-2H3. The Labute approximate surface area is 129 Å². The van der Waals surface area contributed by atoms with Gasteiger partial charge in [-0.3, -0.25) is 0 Å². The Morgan fingerprint density at radius 3 is 2.52 bits per heavy atom. The van der Waals surface area contributed by atoms with Crippen molar-refractivity contribution in [1.29, 1.82) is 0 Å². The molecule has 7 heteroatoms. The molecule has 1 aromatic carbocycles. The SMILES string of the molecule is CSC1(CN)CCN(S(=O)(=O)c2cc(F)ccc2C)CC1. The van der Waals surface area contributed by atoms with Gasteiger partial charge in [-0.1, -0.05) is 6.07 Å². The second-order valence-electron chi connectivity index (χ2n) is 5.41. The second-order valence-corrected chi connectivity index (χ2v) is 8.59. The Kier molecular flexibility index (Phi) is 4.97. The van der Waals surface area contributed by atoms with Crippen molar-refractivity contribution in [3.8, 4) is 0 Å². The van der Waals surface area contributed by atoms with Gasteiger partial charge in [-0.25, -0.2) is 12.8 Å². The van der Waals surface area contributed by atoms with E-state index in [1.165, 1.54) is 16.4 Å². The molecule has 2 N–H and O–H groups in total. The lowest BCUT2D eigenvalue weighted by Crippen LogP contribution is -2.48. The minimum absolute atomic E-state index is 0.0387. The predicted molar refractivity (Wildman–Crippen MR) is 84.4 cm³/mol. The van der Waals surface area contributed by atoms with E-state index in [9.17, 15) is 12.8 Å². The number of piperidine rings is 1. The van der Waals surface area contributed by atoms with E-state index in [0.717, 1.165) is 18.9 Å². The topological polar surface area (TPSA) is 63.4 Å². The number of sulfonamides is 1. The largest absolute Gasteiger partial charge is 0.329 e. The van der Waals surface area contributed by atoms with Gasteiger partial charge in [0.25, 0.3) is 0 Å². The van der Waals surface area contributed by atoms with Crippen LogP contribution in [0.4, 0.5) is 4.39 Å². The molecule has 1 aromatic rings. The van der Waals surface area contributed by atoms with Gasteiger partial charge < -0.3 is 5.73 Å². The molecular formula is C14H21FN2O2S2. The number of nitrogens with zero attached hydrogens (tertiary/aromatic N) is 1. The van der Waals surface area contributed by atoms with Gasteiger partial charge in [-0.15, -0.1) is 0 Å². The molecule has 0 radical (unpaired) electrons. The first kappa shape index (κ1) is 16.7. The molecule has 1 fully saturated rings. The van der Waals surface area contributed by atoms with Crippen molar-refractivity contribution < 1.29 is 12.8 Å². The van der Waals surface area contributed by atoms with Gasteiger partial charge in [0.15, 0.2) is 0 Å². The summed E-state index contributed by atoms with van der Waals surface area (Å²) < 4.78 is 40.1. The lowest BCUT2D eigenvalue weighted by atomic mass is 9.97. The molecule has 4 nitrogen and oxygen atoms in total. The normalized spacial score (nSPS) is 19.6. The fraction of sp³-hybridized carbons (Fsp3) is 0.571. The quantitative estimate of drug-likeness (QED) is 0.916. The van der Waals surface area contributed by atoms with Gasteiger partial charge in [0.05, 0.1) is 4.90 Å². The van der Waals surface area contributed by atoms with Crippen molar-refractivity contribution in [2.45, 2.75) is 29.4 Å². The van der Waals surface area contributed by atoms with Crippen LogP contribution < -0.4 is 5.73 Å². The predicted octanol–water partition coefficient (Wildman–Crippen LogP) is 1.98. The van der Waals surface area contributed by atoms with E-state index in [4.69, 9.17) is 5.73 Å². The number of thioether (sulfide) groups is 1. The fourth-order valence-electron chi connectivity index (χ4n) is 2.62. The average Bonchev–Trinajstić information content (AvgIpc) is 2.49. The number of halogens is 1. The number of nitrogens with two attached hydrogens (primary N) is 1. The van der Waals surface area contributed by atoms with Gasteiger partial charge in [0.1, 0.15) is 5.82 Å². The molecule has 0 saturated carbocycles. The van der Waals surface area contributed by atoms with E-state index >= 15 is 0 Å². The molecule has 1 saturated heterocycles. The third kappa shape index (κ3) is 3.26. The Morgan fingerprint density at radius 1 is 1.38 bits per heavy atom. The van der Waals surface area contributed by atoms with Gasteiger partial charge in [0.2, 0.25) is 10.0 Å². The van der Waals surface area contributed by atoms with Crippen molar-refractivity contribution in [3.05, 3.63) is 29.6 Å². The van der Waals surface area contributed by atoms with Crippen LogP contribution in [0.1, 0.15) is 18.4 Å². The van der Waals surface area contributed by atoms with E-state index in [0.29, 0.717) is 25.2 Å². The van der Waals surface area contributed by atoms with E-state index in [1.807, 2.05) is 6.26 Å². The Morgan fingerprint density at radius 2 is 2.00 bits per heavy atom. The first-order chi connectivity index (χ1) is 9.84. The Balaban J connectivity index is 2.24. The van der Waals surface area contributed by atoms with Crippen LogP contribution in [0.3, 0.4) is 0 Å². The number of aryl methyl sites for hydroxylation is 1. The van der Waals surface area contributed by atoms with Crippen molar-refractivity contribution in [1.82, 2.24) is 4.31 Å². The van der Waals surface area contributed by atoms with Crippen molar-refractivity contribution >= 4 is 21.8 Å². The minimum atomic E-state index is -3.64. The molecule has 0 aromatic heterocycles. The first-order valence-corrected chi connectivity index (χ1v) is 9.53. The Bertz CT molecular complexity index is 605. The van der Waals surface area contributed by atoms with Crippen molar-refractivity contribution in [2.75, 3.05) is 25.9 Å². The monoisotopic (exact) mass is 332 g/mol. The zero-order valence-electron chi connectivity index (χ0n) is 12.3. The third-order valence-corrected chi connectivity index (χ3v) is 7.69. The molecule has 0 bridgehead atoms. The summed E-state index contributed by atoms with van der Waals surface area (Å²) >= 11 is 1.70. The van der Waals surface area contributed by atoms with Crippen LogP contribution in [0.15, 0.2) is 23.1 Å². The number of benzene rings is 1. The first-order valence-electron chi connectivity index (χ1n) is 6.86. The van der Waals surface area contributed by atoms with Crippen LogP contribution in [0.5, 0.6) is 0 Å². The number of rotatable bonds is 4. The summed E-state index contributed by atoms with van der Waals surface area (Å²) in [6.07, 6.45) is 3.45. The maximum Gasteiger partial charge on any atom is 0.243 e. The summed E-state index contributed by atoms with van der Waals surface area (Å²) in [5, 5.41) is 0. The third-order valence-electron chi connectivity index (χ3n) is 4.21. The van der Waals surface area contributed by atoms with Crippen LogP contribution in [-0.2, 0) is 10.0 Å². The summed E-state index contributed by atoms with van der Waals surface area (Å²) in [7, 11) is -3.64. The average molecular weight is 332 g/mol. The van der Waals surface area contributed by atoms with E-state index < -0.39 is 15.8 Å². The summed E-state index contributed by atoms with van der Waals surface area (Å²) in [5.74, 6) is -0.531. The maximum atomic E-state index is 13.4. The van der Waals surface area contributed by atoms with Crippen molar-refractivity contribution in [3.63, 3.8) is 0 Å². The molecule has 0 amide bonds. The molecule has 1 aliphatic heterocycles. The fourth-order valence-corrected chi connectivity index (χ4v) is 5.05. The molecule has 0 atom stereocenters. The molecule has 1 heterocycles. The van der Waals surface area contributed by atoms with Crippen LogP contribution >= 0.6 is 11.8 Å². The molecule has 1 aliphatic rings.